The molecule has 0 radical (unpaired) electrons. The molecule has 140 valence electrons. The molecule has 1 aliphatic heterocycles. The van der Waals surface area contributed by atoms with Crippen LogP contribution >= 0.6 is 22.7 Å². The van der Waals surface area contributed by atoms with Crippen LogP contribution in [0.2, 0.25) is 0 Å². The molecule has 3 aromatic rings. The van der Waals surface area contributed by atoms with Crippen LogP contribution in [-0.4, -0.2) is 34.1 Å². The molecular weight excluding hydrogens is 380 g/mol. The summed E-state index contributed by atoms with van der Waals surface area (Å²) < 4.78 is 0. The molecule has 1 amide bonds. The Morgan fingerprint density at radius 2 is 2.15 bits per heavy atom. The van der Waals surface area contributed by atoms with Crippen LogP contribution in [0.4, 0.5) is 10.8 Å². The van der Waals surface area contributed by atoms with Gasteiger partial charge in [0, 0.05) is 24.2 Å². The van der Waals surface area contributed by atoms with E-state index in [2.05, 4.69) is 32.3 Å². The van der Waals surface area contributed by atoms with Crippen LogP contribution in [-0.2, 0) is 11.4 Å². The SMILES string of the molecule is Cc1nc(CO)sc1-c1csc(NC(=O)C2CCN(c3ccccc3)C2)n1. The Bertz CT molecular complexity index is 938. The zero-order valence-electron chi connectivity index (χ0n) is 14.9. The van der Waals surface area contributed by atoms with Crippen molar-refractivity contribution in [2.45, 2.75) is 20.0 Å². The number of amides is 1. The Balaban J connectivity index is 1.40. The third-order valence-electron chi connectivity index (χ3n) is 4.62. The minimum absolute atomic E-state index is 0.0198. The van der Waals surface area contributed by atoms with Crippen molar-refractivity contribution in [1.29, 1.82) is 0 Å². The molecule has 1 fully saturated rings. The number of nitrogens with one attached hydrogen (secondary N) is 1. The summed E-state index contributed by atoms with van der Waals surface area (Å²) in [6.07, 6.45) is 0.840. The molecule has 1 aromatic carbocycles. The summed E-state index contributed by atoms with van der Waals surface area (Å²) in [7, 11) is 0. The third kappa shape index (κ3) is 3.87. The molecule has 2 aromatic heterocycles. The molecule has 1 aliphatic rings. The summed E-state index contributed by atoms with van der Waals surface area (Å²) in [6, 6.07) is 10.2. The molecule has 2 N–H and O–H groups in total. The summed E-state index contributed by atoms with van der Waals surface area (Å²) in [5, 5.41) is 15.4. The molecule has 8 heteroatoms. The number of benzene rings is 1. The van der Waals surface area contributed by atoms with E-state index in [1.807, 2.05) is 30.5 Å². The Kier molecular flexibility index (Phi) is 5.20. The van der Waals surface area contributed by atoms with Crippen LogP contribution in [0.25, 0.3) is 10.6 Å². The molecular formula is C19H20N4O2S2. The lowest BCUT2D eigenvalue weighted by Crippen LogP contribution is -2.26. The van der Waals surface area contributed by atoms with E-state index in [1.165, 1.54) is 22.7 Å². The smallest absolute Gasteiger partial charge is 0.231 e. The lowest BCUT2D eigenvalue weighted by molar-refractivity contribution is -0.119. The molecule has 0 bridgehead atoms. The van der Waals surface area contributed by atoms with Gasteiger partial charge < -0.3 is 15.3 Å². The van der Waals surface area contributed by atoms with Crippen LogP contribution in [0.5, 0.6) is 0 Å². The monoisotopic (exact) mass is 400 g/mol. The molecule has 0 saturated carbocycles. The van der Waals surface area contributed by atoms with Crippen molar-refractivity contribution >= 4 is 39.4 Å². The quantitative estimate of drug-likeness (QED) is 0.685. The molecule has 1 saturated heterocycles. The zero-order valence-corrected chi connectivity index (χ0v) is 16.5. The zero-order chi connectivity index (χ0) is 18.8. The second kappa shape index (κ2) is 7.75. The predicted octanol–water partition coefficient (Wildman–Crippen LogP) is 3.53. The Hall–Kier alpha value is -2.29. The first kappa shape index (κ1) is 18.1. The van der Waals surface area contributed by atoms with E-state index in [-0.39, 0.29) is 18.4 Å². The number of nitrogens with zero attached hydrogens (tertiary/aromatic N) is 3. The maximum Gasteiger partial charge on any atom is 0.231 e. The van der Waals surface area contributed by atoms with Gasteiger partial charge in [-0.3, -0.25) is 4.79 Å². The van der Waals surface area contributed by atoms with Gasteiger partial charge in [0.25, 0.3) is 0 Å². The second-order valence-electron chi connectivity index (χ2n) is 6.47. The van der Waals surface area contributed by atoms with Crippen LogP contribution in [0.1, 0.15) is 17.1 Å². The lowest BCUT2D eigenvalue weighted by Gasteiger charge is -2.18. The summed E-state index contributed by atoms with van der Waals surface area (Å²) in [4.78, 5) is 24.7. The highest BCUT2D eigenvalue weighted by Gasteiger charge is 2.29. The van der Waals surface area contributed by atoms with Crippen molar-refractivity contribution in [3.63, 3.8) is 0 Å². The van der Waals surface area contributed by atoms with Crippen molar-refractivity contribution < 1.29 is 9.90 Å². The van der Waals surface area contributed by atoms with Gasteiger partial charge in [0.1, 0.15) is 5.01 Å². The number of aliphatic hydroxyl groups excluding tert-OH is 1. The molecule has 1 unspecified atom stereocenters. The number of thiazole rings is 2. The molecule has 4 rings (SSSR count). The van der Waals surface area contributed by atoms with Gasteiger partial charge in [0.2, 0.25) is 5.91 Å². The highest BCUT2D eigenvalue weighted by atomic mass is 32.1. The summed E-state index contributed by atoms with van der Waals surface area (Å²) in [5.41, 5.74) is 2.80. The summed E-state index contributed by atoms with van der Waals surface area (Å²) in [5.74, 6) is -0.0184. The van der Waals surface area contributed by atoms with Crippen molar-refractivity contribution in [1.82, 2.24) is 9.97 Å². The fraction of sp³-hybridized carbons (Fsp3) is 0.316. The van der Waals surface area contributed by atoms with Gasteiger partial charge in [0.15, 0.2) is 5.13 Å². The van der Waals surface area contributed by atoms with Crippen molar-refractivity contribution in [2.75, 3.05) is 23.3 Å². The first-order chi connectivity index (χ1) is 13.1. The number of carbonyl (C=O) groups is 1. The maximum absolute atomic E-state index is 12.6. The first-order valence-corrected chi connectivity index (χ1v) is 10.5. The van der Waals surface area contributed by atoms with E-state index in [4.69, 9.17) is 0 Å². The van der Waals surface area contributed by atoms with Crippen LogP contribution in [0.3, 0.4) is 0 Å². The van der Waals surface area contributed by atoms with Crippen LogP contribution < -0.4 is 10.2 Å². The fourth-order valence-electron chi connectivity index (χ4n) is 3.25. The third-order valence-corrected chi connectivity index (χ3v) is 6.55. The highest BCUT2D eigenvalue weighted by Crippen LogP contribution is 2.33. The number of carbonyl (C=O) groups excluding carboxylic acids is 1. The number of hydrogen-bond donors (Lipinski definition) is 2. The Labute approximate surface area is 165 Å². The average molecular weight is 401 g/mol. The van der Waals surface area contributed by atoms with Gasteiger partial charge in [-0.05, 0) is 25.5 Å². The predicted molar refractivity (Wildman–Crippen MR) is 109 cm³/mol. The molecule has 0 aliphatic carbocycles. The lowest BCUT2D eigenvalue weighted by atomic mass is 10.1. The van der Waals surface area contributed by atoms with Gasteiger partial charge in [-0.2, -0.15) is 0 Å². The summed E-state index contributed by atoms with van der Waals surface area (Å²) >= 11 is 2.85. The van der Waals surface area contributed by atoms with Gasteiger partial charge in [0.05, 0.1) is 28.8 Å². The van der Waals surface area contributed by atoms with Gasteiger partial charge in [-0.25, -0.2) is 9.97 Å². The number of aryl methyl sites for hydroxylation is 1. The van der Waals surface area contributed by atoms with E-state index in [9.17, 15) is 9.90 Å². The van der Waals surface area contributed by atoms with Gasteiger partial charge in [-0.1, -0.05) is 18.2 Å². The topological polar surface area (TPSA) is 78.4 Å². The van der Waals surface area contributed by atoms with E-state index in [0.717, 1.165) is 41.5 Å². The molecule has 1 atom stereocenters. The standard InChI is InChI=1S/C19H20N4O2S2/c1-12-17(27-16(10-24)20-12)15-11-26-19(21-15)22-18(25)13-7-8-23(9-13)14-5-3-2-4-6-14/h2-6,11,13,24H,7-10H2,1H3,(H,21,22,25). The van der Waals surface area contributed by atoms with E-state index in [0.29, 0.717) is 10.1 Å². The summed E-state index contributed by atoms with van der Waals surface area (Å²) in [6.45, 7) is 3.44. The highest BCUT2D eigenvalue weighted by molar-refractivity contribution is 7.17. The number of aliphatic hydroxyl groups is 1. The fourth-order valence-corrected chi connectivity index (χ4v) is 4.91. The minimum Gasteiger partial charge on any atom is -0.389 e. The van der Waals surface area contributed by atoms with E-state index >= 15 is 0 Å². The van der Waals surface area contributed by atoms with Crippen LogP contribution in [0.15, 0.2) is 35.7 Å². The molecule has 6 nitrogen and oxygen atoms in total. The first-order valence-electron chi connectivity index (χ1n) is 8.78. The van der Waals surface area contributed by atoms with Crippen LogP contribution in [0, 0.1) is 12.8 Å². The number of para-hydroxylation sites is 1. The molecule has 3 heterocycles. The number of hydrogen-bond acceptors (Lipinski definition) is 7. The second-order valence-corrected chi connectivity index (χ2v) is 8.42. The number of rotatable bonds is 5. The number of anilines is 2. The minimum atomic E-state index is -0.0706. The molecule has 27 heavy (non-hydrogen) atoms. The van der Waals surface area contributed by atoms with Gasteiger partial charge in [-0.15, -0.1) is 22.7 Å². The Morgan fingerprint density at radius 3 is 2.89 bits per heavy atom. The van der Waals surface area contributed by atoms with E-state index in [1.54, 1.807) is 0 Å². The van der Waals surface area contributed by atoms with Crippen molar-refractivity contribution in [3.8, 4) is 10.6 Å². The largest absolute Gasteiger partial charge is 0.389 e. The normalized spacial score (nSPS) is 16.7. The Morgan fingerprint density at radius 1 is 1.33 bits per heavy atom. The molecule has 0 spiro atoms. The average Bonchev–Trinajstić information content (AvgIpc) is 3.41. The van der Waals surface area contributed by atoms with E-state index < -0.39 is 0 Å². The number of aromatic nitrogens is 2. The maximum atomic E-state index is 12.6. The van der Waals surface area contributed by atoms with Crippen molar-refractivity contribution in [2.24, 2.45) is 5.92 Å². The van der Waals surface area contributed by atoms with Crippen molar-refractivity contribution in [3.05, 3.63) is 46.4 Å². The van der Waals surface area contributed by atoms with Gasteiger partial charge >= 0.3 is 0 Å².